The lowest BCUT2D eigenvalue weighted by Crippen LogP contribution is -2.11. The van der Waals surface area contributed by atoms with Crippen molar-refractivity contribution in [3.63, 3.8) is 0 Å². The Kier molecular flexibility index (Phi) is 1.82. The third-order valence-electron chi connectivity index (χ3n) is 1.66. The van der Waals surface area contributed by atoms with Crippen LogP contribution in [-0.2, 0) is 4.84 Å². The first kappa shape index (κ1) is 6.98. The maximum atomic E-state index is 4.94. The van der Waals surface area contributed by atoms with Gasteiger partial charge in [-0.15, -0.1) is 0 Å². The summed E-state index contributed by atoms with van der Waals surface area (Å²) < 4.78 is 0. The second kappa shape index (κ2) is 3.13. The fraction of sp³-hybridized carbons (Fsp3) is 0. The van der Waals surface area contributed by atoms with Crippen molar-refractivity contribution < 1.29 is 4.84 Å². The zero-order chi connectivity index (χ0) is 8.23. The van der Waals surface area contributed by atoms with Crippen LogP contribution in [0.15, 0.2) is 48.7 Å². The summed E-state index contributed by atoms with van der Waals surface area (Å²) >= 11 is 0. The normalized spacial score (nSPS) is 14.5. The number of rotatable bonds is 1. The topological polar surface area (TPSA) is 21.3 Å². The van der Waals surface area contributed by atoms with Gasteiger partial charge in [-0.2, -0.15) is 0 Å². The third kappa shape index (κ3) is 1.32. The fourth-order valence-corrected chi connectivity index (χ4v) is 1.08. The molecule has 2 rings (SSSR count). The molecule has 0 unspecified atom stereocenters. The van der Waals surface area contributed by atoms with Crippen molar-refractivity contribution >= 4 is 5.70 Å². The Bertz CT molecular complexity index is 314. The maximum Gasteiger partial charge on any atom is 0.119 e. The Morgan fingerprint density at radius 2 is 1.92 bits per heavy atom. The monoisotopic (exact) mass is 159 g/mol. The second-order valence-corrected chi connectivity index (χ2v) is 2.49. The molecule has 12 heavy (non-hydrogen) atoms. The molecule has 1 aliphatic rings. The average Bonchev–Trinajstić information content (AvgIpc) is 2.21. The number of hydrogen-bond donors (Lipinski definition) is 1. The van der Waals surface area contributed by atoms with E-state index in [2.05, 4.69) is 5.48 Å². The Balaban J connectivity index is 2.31. The zero-order valence-corrected chi connectivity index (χ0v) is 6.53. The molecule has 0 aromatic heterocycles. The zero-order valence-electron chi connectivity index (χ0n) is 6.53. The highest BCUT2D eigenvalue weighted by Gasteiger charge is 2.00. The van der Waals surface area contributed by atoms with E-state index >= 15 is 0 Å². The lowest BCUT2D eigenvalue weighted by molar-refractivity contribution is 0.181. The van der Waals surface area contributed by atoms with Gasteiger partial charge in [-0.1, -0.05) is 30.3 Å². The van der Waals surface area contributed by atoms with Gasteiger partial charge in [0.15, 0.2) is 0 Å². The average molecular weight is 159 g/mol. The molecule has 0 aliphatic carbocycles. The predicted molar refractivity (Wildman–Crippen MR) is 47.8 cm³/mol. The van der Waals surface area contributed by atoms with E-state index in [4.69, 9.17) is 4.84 Å². The van der Waals surface area contributed by atoms with Gasteiger partial charge >= 0.3 is 0 Å². The van der Waals surface area contributed by atoms with E-state index in [1.165, 1.54) is 0 Å². The molecule has 0 saturated heterocycles. The molecule has 0 atom stereocenters. The van der Waals surface area contributed by atoms with Crippen molar-refractivity contribution in [1.29, 1.82) is 0 Å². The first-order chi connectivity index (χ1) is 5.97. The number of hydrogen-bond acceptors (Lipinski definition) is 2. The molecular weight excluding hydrogens is 150 g/mol. The molecule has 2 heteroatoms. The van der Waals surface area contributed by atoms with E-state index < -0.39 is 0 Å². The maximum absolute atomic E-state index is 4.94. The van der Waals surface area contributed by atoms with Crippen LogP contribution in [0.25, 0.3) is 5.70 Å². The molecule has 2 nitrogen and oxygen atoms in total. The van der Waals surface area contributed by atoms with Crippen LogP contribution >= 0.6 is 0 Å². The SMILES string of the molecule is C1=CONC(c2ccccc2)=C1. The summed E-state index contributed by atoms with van der Waals surface area (Å²) in [5, 5.41) is 0. The smallest absolute Gasteiger partial charge is 0.119 e. The summed E-state index contributed by atoms with van der Waals surface area (Å²) in [6, 6.07) is 10.0. The largest absolute Gasteiger partial charge is 0.390 e. The van der Waals surface area contributed by atoms with E-state index in [1.807, 2.05) is 42.5 Å². The van der Waals surface area contributed by atoms with E-state index in [9.17, 15) is 0 Å². The molecule has 1 N–H and O–H groups in total. The molecule has 0 bridgehead atoms. The molecule has 0 radical (unpaired) electrons. The van der Waals surface area contributed by atoms with Crippen LogP contribution in [0.3, 0.4) is 0 Å². The molecule has 0 amide bonds. The lowest BCUT2D eigenvalue weighted by atomic mass is 10.1. The molecule has 0 saturated carbocycles. The van der Waals surface area contributed by atoms with Gasteiger partial charge in [0, 0.05) is 5.56 Å². The van der Waals surface area contributed by atoms with Crippen LogP contribution in [0.4, 0.5) is 0 Å². The van der Waals surface area contributed by atoms with Gasteiger partial charge in [-0.25, -0.2) is 5.48 Å². The van der Waals surface area contributed by atoms with Crippen LogP contribution < -0.4 is 5.48 Å². The van der Waals surface area contributed by atoms with Gasteiger partial charge in [-0.05, 0) is 12.2 Å². The molecule has 1 aromatic rings. The van der Waals surface area contributed by atoms with Crippen LogP contribution in [0, 0.1) is 0 Å². The molecule has 1 aliphatic heterocycles. The van der Waals surface area contributed by atoms with Gasteiger partial charge in [0.05, 0.1) is 5.70 Å². The van der Waals surface area contributed by atoms with Crippen molar-refractivity contribution in [1.82, 2.24) is 5.48 Å². The summed E-state index contributed by atoms with van der Waals surface area (Å²) in [4.78, 5) is 4.94. The van der Waals surface area contributed by atoms with E-state index in [-0.39, 0.29) is 0 Å². The lowest BCUT2D eigenvalue weighted by Gasteiger charge is -2.11. The molecule has 1 aromatic carbocycles. The second-order valence-electron chi connectivity index (χ2n) is 2.49. The van der Waals surface area contributed by atoms with Crippen molar-refractivity contribution in [2.45, 2.75) is 0 Å². The van der Waals surface area contributed by atoms with Gasteiger partial charge in [0.1, 0.15) is 6.26 Å². The third-order valence-corrected chi connectivity index (χ3v) is 1.66. The highest BCUT2D eigenvalue weighted by Crippen LogP contribution is 2.12. The van der Waals surface area contributed by atoms with Crippen molar-refractivity contribution in [2.75, 3.05) is 0 Å². The molecule has 0 spiro atoms. The number of hydroxylamine groups is 1. The van der Waals surface area contributed by atoms with Gasteiger partial charge < -0.3 is 4.84 Å². The van der Waals surface area contributed by atoms with Gasteiger partial charge in [-0.3, -0.25) is 0 Å². The minimum Gasteiger partial charge on any atom is -0.390 e. The number of allylic oxidation sites excluding steroid dienone is 2. The van der Waals surface area contributed by atoms with E-state index in [1.54, 1.807) is 6.26 Å². The van der Waals surface area contributed by atoms with Crippen LogP contribution in [0.5, 0.6) is 0 Å². The highest BCUT2D eigenvalue weighted by molar-refractivity contribution is 5.65. The van der Waals surface area contributed by atoms with E-state index in [0.717, 1.165) is 11.3 Å². The standard InChI is InChI=1S/C10H9NO/c1-2-5-9(6-3-1)10-7-4-8-12-11-10/h1-8,11H. The molecule has 60 valence electrons. The molecular formula is C10H9NO. The summed E-state index contributed by atoms with van der Waals surface area (Å²) in [6.45, 7) is 0. The number of nitrogens with one attached hydrogen (secondary N) is 1. The minimum absolute atomic E-state index is 0.984. The van der Waals surface area contributed by atoms with Gasteiger partial charge in [0.2, 0.25) is 0 Å². The first-order valence-corrected chi connectivity index (χ1v) is 3.81. The molecule has 1 heterocycles. The minimum atomic E-state index is 0.984. The fourth-order valence-electron chi connectivity index (χ4n) is 1.08. The van der Waals surface area contributed by atoms with Crippen molar-refractivity contribution in [3.8, 4) is 0 Å². The van der Waals surface area contributed by atoms with Crippen molar-refractivity contribution in [2.24, 2.45) is 0 Å². The summed E-state index contributed by atoms with van der Waals surface area (Å²) in [6.07, 6.45) is 5.43. The van der Waals surface area contributed by atoms with Crippen LogP contribution in [0.1, 0.15) is 5.56 Å². The first-order valence-electron chi connectivity index (χ1n) is 3.81. The number of benzene rings is 1. The summed E-state index contributed by atoms with van der Waals surface area (Å²) in [5.41, 5.74) is 4.92. The Morgan fingerprint density at radius 1 is 1.08 bits per heavy atom. The van der Waals surface area contributed by atoms with Gasteiger partial charge in [0.25, 0.3) is 0 Å². The quantitative estimate of drug-likeness (QED) is 0.677. The predicted octanol–water partition coefficient (Wildman–Crippen LogP) is 2.08. The summed E-state index contributed by atoms with van der Waals surface area (Å²) in [5.74, 6) is 0. The Labute approximate surface area is 71.1 Å². The van der Waals surface area contributed by atoms with Crippen molar-refractivity contribution in [3.05, 3.63) is 54.3 Å². The highest BCUT2D eigenvalue weighted by atomic mass is 16.6. The molecule has 0 fully saturated rings. The van der Waals surface area contributed by atoms with E-state index in [0.29, 0.717) is 0 Å². The Hall–Kier alpha value is -1.70. The Morgan fingerprint density at radius 3 is 2.58 bits per heavy atom. The summed E-state index contributed by atoms with van der Waals surface area (Å²) in [7, 11) is 0. The van der Waals surface area contributed by atoms with Crippen LogP contribution in [-0.4, -0.2) is 0 Å². The van der Waals surface area contributed by atoms with Crippen LogP contribution in [0.2, 0.25) is 0 Å².